The van der Waals surface area contributed by atoms with Gasteiger partial charge >= 0.3 is 11.9 Å². The van der Waals surface area contributed by atoms with Gasteiger partial charge < -0.3 is 14.0 Å². The zero-order valence-electron chi connectivity index (χ0n) is 17.8. The standard InChI is InChI=1S/C26H22N2O4/c1-31-25(29)21-22(26(30)32-2)24(20-14-9-15-27-16-20)28(17-18-10-5-3-6-11-18)23(21)19-12-7-4-8-13-19/h3-16H,17H2,1-2H3. The second-order valence-corrected chi connectivity index (χ2v) is 7.11. The molecular weight excluding hydrogens is 404 g/mol. The van der Waals surface area contributed by atoms with E-state index in [0.717, 1.165) is 11.1 Å². The number of methoxy groups -OCH3 is 2. The van der Waals surface area contributed by atoms with Gasteiger partial charge in [0.2, 0.25) is 0 Å². The molecule has 0 aliphatic rings. The third-order valence-corrected chi connectivity index (χ3v) is 5.21. The van der Waals surface area contributed by atoms with E-state index in [0.29, 0.717) is 23.5 Å². The van der Waals surface area contributed by atoms with Crippen LogP contribution in [0.1, 0.15) is 26.3 Å². The Kier molecular flexibility index (Phi) is 6.12. The Bertz CT molecular complexity index is 1160. The molecule has 2 aromatic heterocycles. The molecule has 4 aromatic rings. The summed E-state index contributed by atoms with van der Waals surface area (Å²) in [5.74, 6) is -1.23. The van der Waals surface area contributed by atoms with Crippen molar-refractivity contribution in [2.24, 2.45) is 0 Å². The average molecular weight is 426 g/mol. The fraction of sp³-hybridized carbons (Fsp3) is 0.115. The predicted octanol–water partition coefficient (Wildman–Crippen LogP) is 4.84. The first kappa shape index (κ1) is 21.1. The van der Waals surface area contributed by atoms with Crippen molar-refractivity contribution >= 4 is 11.9 Å². The van der Waals surface area contributed by atoms with Crippen molar-refractivity contribution < 1.29 is 19.1 Å². The van der Waals surface area contributed by atoms with Gasteiger partial charge in [-0.05, 0) is 23.3 Å². The number of pyridine rings is 1. The summed E-state index contributed by atoms with van der Waals surface area (Å²) in [4.78, 5) is 30.3. The van der Waals surface area contributed by atoms with Crippen LogP contribution >= 0.6 is 0 Å². The van der Waals surface area contributed by atoms with Gasteiger partial charge in [-0.1, -0.05) is 60.7 Å². The number of esters is 2. The predicted molar refractivity (Wildman–Crippen MR) is 121 cm³/mol. The van der Waals surface area contributed by atoms with E-state index >= 15 is 0 Å². The molecule has 0 saturated carbocycles. The lowest BCUT2D eigenvalue weighted by Gasteiger charge is -2.15. The van der Waals surface area contributed by atoms with Crippen LogP contribution in [0.3, 0.4) is 0 Å². The van der Waals surface area contributed by atoms with Crippen molar-refractivity contribution in [2.75, 3.05) is 14.2 Å². The molecule has 6 nitrogen and oxygen atoms in total. The third-order valence-electron chi connectivity index (χ3n) is 5.21. The van der Waals surface area contributed by atoms with Crippen LogP contribution in [0.15, 0.2) is 85.2 Å². The Morgan fingerprint density at radius 1 is 0.750 bits per heavy atom. The minimum atomic E-state index is -0.617. The van der Waals surface area contributed by atoms with Crippen molar-refractivity contribution in [3.63, 3.8) is 0 Å². The van der Waals surface area contributed by atoms with Crippen molar-refractivity contribution in [3.8, 4) is 22.5 Å². The third kappa shape index (κ3) is 3.90. The van der Waals surface area contributed by atoms with Crippen LogP contribution in [0.5, 0.6) is 0 Å². The SMILES string of the molecule is COC(=O)c1c(C(=O)OC)c(-c2cccnc2)n(Cc2ccccc2)c1-c1ccccc1. The van der Waals surface area contributed by atoms with Gasteiger partial charge in [0.15, 0.2) is 0 Å². The van der Waals surface area contributed by atoms with Gasteiger partial charge in [-0.3, -0.25) is 4.98 Å². The van der Waals surface area contributed by atoms with Gasteiger partial charge in [0.25, 0.3) is 0 Å². The van der Waals surface area contributed by atoms with Crippen LogP contribution in [-0.2, 0) is 16.0 Å². The van der Waals surface area contributed by atoms with Gasteiger partial charge in [0.1, 0.15) is 11.1 Å². The highest BCUT2D eigenvalue weighted by Gasteiger charge is 2.33. The Labute approximate surface area is 186 Å². The van der Waals surface area contributed by atoms with E-state index < -0.39 is 11.9 Å². The van der Waals surface area contributed by atoms with Gasteiger partial charge in [0.05, 0.1) is 25.6 Å². The zero-order valence-corrected chi connectivity index (χ0v) is 17.8. The summed E-state index contributed by atoms with van der Waals surface area (Å²) < 4.78 is 12.2. The molecule has 6 heteroatoms. The first-order valence-electron chi connectivity index (χ1n) is 10.1. The number of ether oxygens (including phenoxy) is 2. The van der Waals surface area contributed by atoms with E-state index in [1.54, 1.807) is 18.5 Å². The lowest BCUT2D eigenvalue weighted by Crippen LogP contribution is -2.11. The number of nitrogens with zero attached hydrogens (tertiary/aromatic N) is 2. The van der Waals surface area contributed by atoms with E-state index in [-0.39, 0.29) is 11.1 Å². The van der Waals surface area contributed by atoms with E-state index in [4.69, 9.17) is 9.47 Å². The number of carbonyl (C=O) groups is 2. The molecule has 0 unspecified atom stereocenters. The average Bonchev–Trinajstić information content (AvgIpc) is 3.19. The number of benzene rings is 2. The van der Waals surface area contributed by atoms with Crippen molar-refractivity contribution in [1.29, 1.82) is 0 Å². The molecule has 0 saturated heterocycles. The van der Waals surface area contributed by atoms with Crippen LogP contribution in [0.2, 0.25) is 0 Å². The molecule has 0 fully saturated rings. The van der Waals surface area contributed by atoms with Crippen molar-refractivity contribution in [2.45, 2.75) is 6.54 Å². The molecule has 2 heterocycles. The molecule has 4 rings (SSSR count). The summed E-state index contributed by atoms with van der Waals surface area (Å²) in [7, 11) is 2.60. The summed E-state index contributed by atoms with van der Waals surface area (Å²) >= 11 is 0. The van der Waals surface area contributed by atoms with Gasteiger partial charge in [-0.2, -0.15) is 0 Å². The topological polar surface area (TPSA) is 70.4 Å². The molecule has 0 aliphatic heterocycles. The van der Waals surface area contributed by atoms with E-state index in [9.17, 15) is 9.59 Å². The summed E-state index contributed by atoms with van der Waals surface area (Å²) in [6.07, 6.45) is 3.32. The fourth-order valence-corrected chi connectivity index (χ4v) is 3.84. The Hall–Kier alpha value is -4.19. The molecule has 160 valence electrons. The monoisotopic (exact) mass is 426 g/mol. The molecular formula is C26H22N2O4. The molecule has 0 spiro atoms. The fourth-order valence-electron chi connectivity index (χ4n) is 3.84. The second-order valence-electron chi connectivity index (χ2n) is 7.11. The number of rotatable bonds is 6. The summed E-state index contributed by atoms with van der Waals surface area (Å²) in [6.45, 7) is 0.427. The number of aromatic nitrogens is 2. The molecule has 0 atom stereocenters. The van der Waals surface area contributed by atoms with E-state index in [2.05, 4.69) is 4.98 Å². The normalized spacial score (nSPS) is 10.6. The Balaban J connectivity index is 2.14. The van der Waals surface area contributed by atoms with Gasteiger partial charge in [-0.15, -0.1) is 0 Å². The quantitative estimate of drug-likeness (QED) is 0.413. The lowest BCUT2D eigenvalue weighted by molar-refractivity contribution is 0.0558. The van der Waals surface area contributed by atoms with Crippen LogP contribution in [0, 0.1) is 0 Å². The minimum absolute atomic E-state index is 0.155. The first-order chi connectivity index (χ1) is 15.7. The summed E-state index contributed by atoms with van der Waals surface area (Å²) in [5.41, 5.74) is 3.94. The lowest BCUT2D eigenvalue weighted by atomic mass is 10.0. The Morgan fingerprint density at radius 2 is 1.28 bits per heavy atom. The zero-order chi connectivity index (χ0) is 22.5. The summed E-state index contributed by atoms with van der Waals surface area (Å²) in [6, 6.07) is 23.0. The van der Waals surface area contributed by atoms with E-state index in [1.807, 2.05) is 71.3 Å². The smallest absolute Gasteiger partial charge is 0.340 e. The molecule has 0 bridgehead atoms. The molecule has 0 amide bonds. The number of carbonyl (C=O) groups excluding carboxylic acids is 2. The second kappa shape index (κ2) is 9.31. The molecule has 0 N–H and O–H groups in total. The van der Waals surface area contributed by atoms with Crippen LogP contribution < -0.4 is 0 Å². The van der Waals surface area contributed by atoms with Crippen LogP contribution in [0.4, 0.5) is 0 Å². The first-order valence-corrected chi connectivity index (χ1v) is 10.1. The summed E-state index contributed by atoms with van der Waals surface area (Å²) in [5, 5.41) is 0. The van der Waals surface area contributed by atoms with Crippen LogP contribution in [-0.4, -0.2) is 35.7 Å². The molecule has 0 aliphatic carbocycles. The molecule has 2 aromatic carbocycles. The molecule has 0 radical (unpaired) electrons. The van der Waals surface area contributed by atoms with Gasteiger partial charge in [-0.25, -0.2) is 9.59 Å². The van der Waals surface area contributed by atoms with Crippen molar-refractivity contribution in [1.82, 2.24) is 9.55 Å². The Morgan fingerprint density at radius 3 is 1.81 bits per heavy atom. The highest BCUT2D eigenvalue weighted by atomic mass is 16.5. The number of hydrogen-bond acceptors (Lipinski definition) is 5. The highest BCUT2D eigenvalue weighted by molar-refractivity contribution is 6.12. The highest BCUT2D eigenvalue weighted by Crippen LogP contribution is 2.39. The van der Waals surface area contributed by atoms with Crippen molar-refractivity contribution in [3.05, 3.63) is 102 Å². The maximum Gasteiger partial charge on any atom is 0.340 e. The largest absolute Gasteiger partial charge is 0.465 e. The van der Waals surface area contributed by atoms with Gasteiger partial charge in [0, 0.05) is 24.5 Å². The minimum Gasteiger partial charge on any atom is -0.465 e. The maximum atomic E-state index is 13.0. The maximum absolute atomic E-state index is 13.0. The van der Waals surface area contributed by atoms with Crippen LogP contribution in [0.25, 0.3) is 22.5 Å². The molecule has 32 heavy (non-hydrogen) atoms. The van der Waals surface area contributed by atoms with E-state index in [1.165, 1.54) is 14.2 Å². The number of hydrogen-bond donors (Lipinski definition) is 0.